The summed E-state index contributed by atoms with van der Waals surface area (Å²) in [6.45, 7) is 4.96. The summed E-state index contributed by atoms with van der Waals surface area (Å²) in [5, 5.41) is 0. The van der Waals surface area contributed by atoms with Crippen LogP contribution in [0.4, 0.5) is 0 Å². The summed E-state index contributed by atoms with van der Waals surface area (Å²) in [5.74, 6) is 2.32. The second-order valence-corrected chi connectivity index (χ2v) is 6.88. The van der Waals surface area contributed by atoms with Crippen molar-refractivity contribution in [1.29, 1.82) is 0 Å². The molecule has 0 aromatic carbocycles. The van der Waals surface area contributed by atoms with Crippen LogP contribution in [-0.4, -0.2) is 30.4 Å². The summed E-state index contributed by atoms with van der Waals surface area (Å²) in [7, 11) is 0. The summed E-state index contributed by atoms with van der Waals surface area (Å²) in [6, 6.07) is 0. The van der Waals surface area contributed by atoms with Gasteiger partial charge in [-0.3, -0.25) is 4.79 Å². The number of carbonyl (C=O) groups excluding carboxylic acids is 1. The van der Waals surface area contributed by atoms with Gasteiger partial charge >= 0.3 is 0 Å². The van der Waals surface area contributed by atoms with Gasteiger partial charge in [0.15, 0.2) is 0 Å². The lowest BCUT2D eigenvalue weighted by molar-refractivity contribution is -0.135. The molecule has 2 N–H and O–H groups in total. The molecule has 1 unspecified atom stereocenters. The highest BCUT2D eigenvalue weighted by Gasteiger charge is 2.32. The fourth-order valence-corrected chi connectivity index (χ4v) is 3.95. The average Bonchev–Trinajstić information content (AvgIpc) is 2.94. The third kappa shape index (κ3) is 4.21. The minimum Gasteiger partial charge on any atom is -0.342 e. The van der Waals surface area contributed by atoms with Crippen molar-refractivity contribution in [3.8, 4) is 0 Å². The van der Waals surface area contributed by atoms with Crippen LogP contribution >= 0.6 is 0 Å². The van der Waals surface area contributed by atoms with E-state index in [0.29, 0.717) is 17.7 Å². The molecule has 0 spiro atoms. The van der Waals surface area contributed by atoms with Crippen LogP contribution in [0.1, 0.15) is 64.7 Å². The zero-order chi connectivity index (χ0) is 14.4. The molecule has 0 aromatic rings. The molecule has 0 aromatic heterocycles. The predicted octanol–water partition coefficient (Wildman–Crippen LogP) is 3.18. The van der Waals surface area contributed by atoms with E-state index in [9.17, 15) is 4.79 Å². The van der Waals surface area contributed by atoms with Gasteiger partial charge in [0.2, 0.25) is 5.91 Å². The summed E-state index contributed by atoms with van der Waals surface area (Å²) < 4.78 is 0. The smallest absolute Gasteiger partial charge is 0.225 e. The van der Waals surface area contributed by atoms with Crippen molar-refractivity contribution < 1.29 is 4.79 Å². The Hall–Kier alpha value is -0.570. The Bertz CT molecular complexity index is 297. The van der Waals surface area contributed by atoms with E-state index in [2.05, 4.69) is 11.8 Å². The third-order valence-electron chi connectivity index (χ3n) is 5.33. The number of hydrogen-bond acceptors (Lipinski definition) is 2. The zero-order valence-electron chi connectivity index (χ0n) is 13.2. The van der Waals surface area contributed by atoms with Crippen LogP contribution in [-0.2, 0) is 4.79 Å². The maximum Gasteiger partial charge on any atom is 0.225 e. The van der Waals surface area contributed by atoms with Crippen molar-refractivity contribution in [2.24, 2.45) is 23.5 Å². The van der Waals surface area contributed by atoms with Crippen molar-refractivity contribution >= 4 is 5.91 Å². The van der Waals surface area contributed by atoms with E-state index in [1.165, 1.54) is 32.1 Å². The quantitative estimate of drug-likeness (QED) is 0.812. The minimum atomic E-state index is 0.324. The van der Waals surface area contributed by atoms with E-state index in [1.54, 1.807) is 0 Å². The first-order valence-corrected chi connectivity index (χ1v) is 8.73. The fraction of sp³-hybridized carbons (Fsp3) is 0.941. The highest BCUT2D eigenvalue weighted by Crippen LogP contribution is 2.34. The van der Waals surface area contributed by atoms with E-state index in [4.69, 9.17) is 5.73 Å². The molecule has 2 aliphatic rings. The number of amides is 1. The number of rotatable bonds is 6. The molecule has 0 bridgehead atoms. The summed E-state index contributed by atoms with van der Waals surface area (Å²) in [5.41, 5.74) is 5.62. The molecule has 1 saturated carbocycles. The Labute approximate surface area is 124 Å². The molecule has 1 saturated heterocycles. The van der Waals surface area contributed by atoms with Gasteiger partial charge in [0.1, 0.15) is 0 Å². The monoisotopic (exact) mass is 280 g/mol. The first kappa shape index (κ1) is 15.8. The van der Waals surface area contributed by atoms with E-state index >= 15 is 0 Å². The molecule has 1 aliphatic carbocycles. The molecule has 3 heteroatoms. The van der Waals surface area contributed by atoms with E-state index in [1.807, 2.05) is 0 Å². The van der Waals surface area contributed by atoms with Crippen molar-refractivity contribution in [3.05, 3.63) is 0 Å². The summed E-state index contributed by atoms with van der Waals surface area (Å²) in [4.78, 5) is 14.7. The van der Waals surface area contributed by atoms with Crippen LogP contribution < -0.4 is 5.73 Å². The lowest BCUT2D eigenvalue weighted by Crippen LogP contribution is -2.36. The lowest BCUT2D eigenvalue weighted by atomic mass is 9.79. The number of nitrogens with two attached hydrogens (primary N) is 1. The zero-order valence-corrected chi connectivity index (χ0v) is 13.2. The Morgan fingerprint density at radius 2 is 1.85 bits per heavy atom. The molecule has 1 aliphatic heterocycles. The molecular formula is C17H32N2O. The van der Waals surface area contributed by atoms with Crippen LogP contribution in [0.2, 0.25) is 0 Å². The number of unbranched alkanes of at least 4 members (excludes halogenated alkanes) is 1. The highest BCUT2D eigenvalue weighted by atomic mass is 16.2. The number of likely N-dealkylation sites (tertiary alicyclic amines) is 1. The van der Waals surface area contributed by atoms with Crippen LogP contribution in [0.3, 0.4) is 0 Å². The number of hydrogen-bond donors (Lipinski definition) is 1. The molecule has 1 heterocycles. The molecule has 2 fully saturated rings. The van der Waals surface area contributed by atoms with Crippen molar-refractivity contribution in [2.45, 2.75) is 64.7 Å². The van der Waals surface area contributed by atoms with E-state index < -0.39 is 0 Å². The first-order valence-electron chi connectivity index (χ1n) is 8.73. The summed E-state index contributed by atoms with van der Waals surface area (Å²) >= 11 is 0. The second kappa shape index (κ2) is 8.02. The number of carbonyl (C=O) groups is 1. The standard InChI is InChI=1S/C17H32N2O/c1-2-3-4-14-5-7-16(8-6-14)17(20)19-12-10-15(13-19)9-11-18/h14-16H,2-13,18H2,1H3. The van der Waals surface area contributed by atoms with Gasteiger partial charge in [-0.05, 0) is 56.9 Å². The Morgan fingerprint density at radius 3 is 2.50 bits per heavy atom. The van der Waals surface area contributed by atoms with Gasteiger partial charge in [-0.15, -0.1) is 0 Å². The van der Waals surface area contributed by atoms with Gasteiger partial charge < -0.3 is 10.6 Å². The van der Waals surface area contributed by atoms with Crippen LogP contribution in [0.5, 0.6) is 0 Å². The third-order valence-corrected chi connectivity index (χ3v) is 5.33. The largest absolute Gasteiger partial charge is 0.342 e. The number of nitrogens with zero attached hydrogens (tertiary/aromatic N) is 1. The van der Waals surface area contributed by atoms with Gasteiger partial charge in [0.25, 0.3) is 0 Å². The SMILES string of the molecule is CCCCC1CCC(C(=O)N2CCC(CCN)C2)CC1. The Kier molecular flexibility index (Phi) is 6.34. The molecule has 2 rings (SSSR count). The topological polar surface area (TPSA) is 46.3 Å². The van der Waals surface area contributed by atoms with E-state index in [-0.39, 0.29) is 0 Å². The first-order chi connectivity index (χ1) is 9.74. The molecule has 116 valence electrons. The second-order valence-electron chi connectivity index (χ2n) is 6.88. The van der Waals surface area contributed by atoms with E-state index in [0.717, 1.165) is 51.2 Å². The van der Waals surface area contributed by atoms with Crippen LogP contribution in [0.15, 0.2) is 0 Å². The van der Waals surface area contributed by atoms with Gasteiger partial charge in [-0.1, -0.05) is 26.2 Å². The normalized spacial score (nSPS) is 30.7. The highest BCUT2D eigenvalue weighted by molar-refractivity contribution is 5.79. The maximum absolute atomic E-state index is 12.6. The molecule has 1 amide bonds. The predicted molar refractivity (Wildman–Crippen MR) is 83.3 cm³/mol. The molecule has 3 nitrogen and oxygen atoms in total. The lowest BCUT2D eigenvalue weighted by Gasteiger charge is -2.30. The van der Waals surface area contributed by atoms with Crippen LogP contribution in [0.25, 0.3) is 0 Å². The Balaban J connectivity index is 1.72. The Morgan fingerprint density at radius 1 is 1.10 bits per heavy atom. The van der Waals surface area contributed by atoms with Crippen molar-refractivity contribution in [3.63, 3.8) is 0 Å². The fourth-order valence-electron chi connectivity index (χ4n) is 3.95. The molecular weight excluding hydrogens is 248 g/mol. The maximum atomic E-state index is 12.6. The summed E-state index contributed by atoms with van der Waals surface area (Å²) in [6.07, 6.45) is 11.1. The minimum absolute atomic E-state index is 0.324. The molecule has 20 heavy (non-hydrogen) atoms. The average molecular weight is 280 g/mol. The van der Waals surface area contributed by atoms with Gasteiger partial charge in [-0.2, -0.15) is 0 Å². The van der Waals surface area contributed by atoms with Gasteiger partial charge in [-0.25, -0.2) is 0 Å². The van der Waals surface area contributed by atoms with Crippen LogP contribution in [0, 0.1) is 17.8 Å². The van der Waals surface area contributed by atoms with Gasteiger partial charge in [0, 0.05) is 19.0 Å². The molecule has 0 radical (unpaired) electrons. The van der Waals surface area contributed by atoms with Gasteiger partial charge in [0.05, 0.1) is 0 Å². The van der Waals surface area contributed by atoms with Crippen molar-refractivity contribution in [1.82, 2.24) is 4.90 Å². The van der Waals surface area contributed by atoms with Crippen molar-refractivity contribution in [2.75, 3.05) is 19.6 Å². The molecule has 1 atom stereocenters.